The van der Waals surface area contributed by atoms with E-state index in [9.17, 15) is 24.3 Å². The van der Waals surface area contributed by atoms with Gasteiger partial charge in [0, 0.05) is 13.1 Å². The lowest BCUT2D eigenvalue weighted by Gasteiger charge is -2.35. The molecule has 0 saturated heterocycles. The number of nitrogens with zero attached hydrogens (tertiary/aromatic N) is 1. The first-order chi connectivity index (χ1) is 17.7. The summed E-state index contributed by atoms with van der Waals surface area (Å²) < 4.78 is 10.3. The van der Waals surface area contributed by atoms with Crippen molar-refractivity contribution in [2.24, 2.45) is 5.92 Å². The Kier molecular flexibility index (Phi) is 13.3. The third kappa shape index (κ3) is 11.1. The minimum absolute atomic E-state index is 0.0196. The van der Waals surface area contributed by atoms with Crippen LogP contribution < -0.4 is 10.6 Å². The van der Waals surface area contributed by atoms with Crippen LogP contribution in [0.4, 0.5) is 4.79 Å². The maximum absolute atomic E-state index is 13.9. The molecule has 0 heterocycles. The van der Waals surface area contributed by atoms with Gasteiger partial charge >= 0.3 is 12.1 Å². The van der Waals surface area contributed by atoms with Crippen molar-refractivity contribution in [2.45, 2.75) is 85.9 Å². The first-order valence-corrected chi connectivity index (χ1v) is 13.1. The average molecular weight is 536 g/mol. The number of hydrogen-bond donors (Lipinski definition) is 3. The number of carbonyl (C=O) groups is 4. The third-order valence-corrected chi connectivity index (χ3v) is 5.54. The fourth-order valence-corrected chi connectivity index (χ4v) is 3.94. The van der Waals surface area contributed by atoms with E-state index in [4.69, 9.17) is 9.47 Å². The molecule has 1 aromatic carbocycles. The monoisotopic (exact) mass is 535 g/mol. The van der Waals surface area contributed by atoms with Gasteiger partial charge in [0.2, 0.25) is 11.8 Å². The molecule has 0 spiro atoms. The first kappa shape index (κ1) is 32.9. The molecule has 0 aliphatic carbocycles. The topological polar surface area (TPSA) is 134 Å². The summed E-state index contributed by atoms with van der Waals surface area (Å²) in [6, 6.07) is 3.48. The highest BCUT2D eigenvalue weighted by atomic mass is 16.6. The lowest BCUT2D eigenvalue weighted by atomic mass is 9.95. The number of alkyl carbamates (subject to hydrolysis) is 1. The number of amides is 3. The third-order valence-electron chi connectivity index (χ3n) is 5.54. The lowest BCUT2D eigenvalue weighted by molar-refractivity contribution is -0.144. The summed E-state index contributed by atoms with van der Waals surface area (Å²) >= 11 is 0. The number of rotatable bonds is 13. The molecule has 0 saturated carbocycles. The minimum Gasteiger partial charge on any atom is -0.466 e. The second-order valence-electron chi connectivity index (χ2n) is 10.7. The summed E-state index contributed by atoms with van der Waals surface area (Å²) in [5, 5.41) is 15.3. The molecule has 10 nitrogen and oxygen atoms in total. The standard InChI is InChI=1S/C28H45N3O7/c1-9-37-23(33)12-13-29-25(34)24(21-17-19(4)10-11-20(21)5)31(14-15-32)26(35)22(16-18(2)3)30-27(36)38-28(6,7)8/h10-11,17-18,22,24,32H,9,12-16H2,1-8H3,(H,29,34)(H,30,36). The average Bonchev–Trinajstić information content (AvgIpc) is 2.78. The van der Waals surface area contributed by atoms with Crippen LogP contribution in [0, 0.1) is 19.8 Å². The van der Waals surface area contributed by atoms with Crippen LogP contribution in [0.2, 0.25) is 0 Å². The zero-order valence-electron chi connectivity index (χ0n) is 24.1. The van der Waals surface area contributed by atoms with E-state index in [2.05, 4.69) is 10.6 Å². The number of hydrogen-bond acceptors (Lipinski definition) is 7. The van der Waals surface area contributed by atoms with Crippen molar-refractivity contribution in [3.8, 4) is 0 Å². The minimum atomic E-state index is -1.10. The summed E-state index contributed by atoms with van der Waals surface area (Å²) in [7, 11) is 0. The molecule has 0 bridgehead atoms. The highest BCUT2D eigenvalue weighted by molar-refractivity contribution is 5.92. The molecule has 3 amide bonds. The Bertz CT molecular complexity index is 956. The Labute approximate surface area is 226 Å². The Hall–Kier alpha value is -3.14. The van der Waals surface area contributed by atoms with E-state index in [1.54, 1.807) is 27.7 Å². The number of aliphatic hydroxyl groups excluding tert-OH is 1. The van der Waals surface area contributed by atoms with Crippen molar-refractivity contribution in [3.05, 3.63) is 34.9 Å². The van der Waals surface area contributed by atoms with E-state index in [-0.39, 0.29) is 32.0 Å². The van der Waals surface area contributed by atoms with Crippen LogP contribution in [-0.4, -0.2) is 71.8 Å². The van der Waals surface area contributed by atoms with E-state index < -0.39 is 48.2 Å². The molecule has 0 aliphatic rings. The van der Waals surface area contributed by atoms with Gasteiger partial charge in [-0.05, 0) is 65.0 Å². The molecule has 1 aromatic rings. The van der Waals surface area contributed by atoms with Gasteiger partial charge < -0.3 is 30.1 Å². The van der Waals surface area contributed by atoms with Gasteiger partial charge in [-0.2, -0.15) is 0 Å². The van der Waals surface area contributed by atoms with Crippen molar-refractivity contribution >= 4 is 23.9 Å². The molecule has 3 N–H and O–H groups in total. The van der Waals surface area contributed by atoms with Crippen LogP contribution in [0.3, 0.4) is 0 Å². The molecular weight excluding hydrogens is 490 g/mol. The van der Waals surface area contributed by atoms with E-state index in [1.165, 1.54) is 4.90 Å². The molecular formula is C28H45N3O7. The van der Waals surface area contributed by atoms with Gasteiger partial charge in [0.1, 0.15) is 17.7 Å². The fraction of sp³-hybridized carbons (Fsp3) is 0.643. The number of aliphatic hydroxyl groups is 1. The van der Waals surface area contributed by atoms with Crippen molar-refractivity contribution < 1.29 is 33.8 Å². The van der Waals surface area contributed by atoms with Crippen molar-refractivity contribution in [1.29, 1.82) is 0 Å². The largest absolute Gasteiger partial charge is 0.466 e. The first-order valence-electron chi connectivity index (χ1n) is 13.1. The van der Waals surface area contributed by atoms with Gasteiger partial charge in [-0.1, -0.05) is 37.6 Å². The number of nitrogens with one attached hydrogen (secondary N) is 2. The summed E-state index contributed by atoms with van der Waals surface area (Å²) in [6.45, 7) is 14.1. The number of ether oxygens (including phenoxy) is 2. The van der Waals surface area contributed by atoms with Crippen LogP contribution in [0.25, 0.3) is 0 Å². The second-order valence-corrected chi connectivity index (χ2v) is 10.7. The number of carbonyl (C=O) groups excluding carboxylic acids is 4. The number of benzene rings is 1. The second kappa shape index (κ2) is 15.3. The highest BCUT2D eigenvalue weighted by Crippen LogP contribution is 2.27. The van der Waals surface area contributed by atoms with Crippen molar-refractivity contribution in [2.75, 3.05) is 26.3 Å². The summed E-state index contributed by atoms with van der Waals surface area (Å²) in [6.07, 6.45) is -0.477. The molecule has 0 fully saturated rings. The van der Waals surface area contributed by atoms with Crippen molar-refractivity contribution in [3.63, 3.8) is 0 Å². The van der Waals surface area contributed by atoms with Gasteiger partial charge in [0.05, 0.1) is 19.6 Å². The van der Waals surface area contributed by atoms with Gasteiger partial charge in [0.15, 0.2) is 0 Å². The van der Waals surface area contributed by atoms with Crippen LogP contribution >= 0.6 is 0 Å². The Balaban J connectivity index is 3.43. The van der Waals surface area contributed by atoms with Gasteiger partial charge in [-0.3, -0.25) is 14.4 Å². The van der Waals surface area contributed by atoms with Gasteiger partial charge in [-0.25, -0.2) is 4.79 Å². The zero-order chi connectivity index (χ0) is 29.0. The number of esters is 1. The molecule has 2 unspecified atom stereocenters. The fourth-order valence-electron chi connectivity index (χ4n) is 3.94. The van der Waals surface area contributed by atoms with Gasteiger partial charge in [0.25, 0.3) is 0 Å². The van der Waals surface area contributed by atoms with Crippen LogP contribution in [-0.2, 0) is 23.9 Å². The van der Waals surface area contributed by atoms with E-state index in [1.807, 2.05) is 45.9 Å². The molecule has 38 heavy (non-hydrogen) atoms. The van der Waals surface area contributed by atoms with Crippen LogP contribution in [0.5, 0.6) is 0 Å². The molecule has 214 valence electrons. The highest BCUT2D eigenvalue weighted by Gasteiger charge is 2.37. The summed E-state index contributed by atoms with van der Waals surface area (Å²) in [5.74, 6) is -1.44. The zero-order valence-corrected chi connectivity index (χ0v) is 24.1. The quantitative estimate of drug-likeness (QED) is 0.330. The molecule has 0 radical (unpaired) electrons. The van der Waals surface area contributed by atoms with E-state index in [0.717, 1.165) is 11.1 Å². The maximum atomic E-state index is 13.9. The maximum Gasteiger partial charge on any atom is 0.408 e. The predicted octanol–water partition coefficient (Wildman–Crippen LogP) is 3.17. The normalized spacial score (nSPS) is 12.9. The van der Waals surface area contributed by atoms with Crippen LogP contribution in [0.1, 0.15) is 77.1 Å². The smallest absolute Gasteiger partial charge is 0.408 e. The molecule has 0 aromatic heterocycles. The SMILES string of the molecule is CCOC(=O)CCNC(=O)C(c1cc(C)ccc1C)N(CCO)C(=O)C(CC(C)C)NC(=O)OC(C)(C)C. The van der Waals surface area contributed by atoms with E-state index in [0.29, 0.717) is 12.0 Å². The molecule has 0 aliphatic heterocycles. The Morgan fingerprint density at radius 1 is 1.11 bits per heavy atom. The van der Waals surface area contributed by atoms with Crippen molar-refractivity contribution in [1.82, 2.24) is 15.5 Å². The van der Waals surface area contributed by atoms with E-state index >= 15 is 0 Å². The lowest BCUT2D eigenvalue weighted by Crippen LogP contribution is -2.54. The Morgan fingerprint density at radius 3 is 2.32 bits per heavy atom. The predicted molar refractivity (Wildman–Crippen MR) is 144 cm³/mol. The molecule has 1 rings (SSSR count). The molecule has 10 heteroatoms. The number of aryl methyl sites for hydroxylation is 2. The molecule has 2 atom stereocenters. The Morgan fingerprint density at radius 2 is 1.76 bits per heavy atom. The van der Waals surface area contributed by atoms with Gasteiger partial charge in [-0.15, -0.1) is 0 Å². The summed E-state index contributed by atoms with van der Waals surface area (Å²) in [5.41, 5.74) is 1.48. The van der Waals surface area contributed by atoms with Crippen LogP contribution in [0.15, 0.2) is 18.2 Å². The summed E-state index contributed by atoms with van der Waals surface area (Å²) in [4.78, 5) is 53.2.